The van der Waals surface area contributed by atoms with E-state index in [0.717, 1.165) is 6.42 Å². The van der Waals surface area contributed by atoms with Gasteiger partial charge in [-0.2, -0.15) is 0 Å². The van der Waals surface area contributed by atoms with Crippen molar-refractivity contribution in [1.29, 1.82) is 0 Å². The molecule has 0 aromatic rings. The molecule has 16 heavy (non-hydrogen) atoms. The van der Waals surface area contributed by atoms with Crippen LogP contribution in [0.25, 0.3) is 0 Å². The summed E-state index contributed by atoms with van der Waals surface area (Å²) in [6.07, 6.45) is 3.44. The molecule has 0 aliphatic carbocycles. The molecule has 2 N–H and O–H groups in total. The summed E-state index contributed by atoms with van der Waals surface area (Å²) in [6, 6.07) is 0. The van der Waals surface area contributed by atoms with Gasteiger partial charge in [0, 0.05) is 19.8 Å². The molecule has 0 fully saturated rings. The summed E-state index contributed by atoms with van der Waals surface area (Å²) >= 11 is 0. The molecule has 4 nitrogen and oxygen atoms in total. The fraction of sp³-hybridized carbons (Fsp3) is 1.00. The quantitative estimate of drug-likeness (QED) is 0.604. The van der Waals surface area contributed by atoms with E-state index < -0.39 is 8.97 Å². The average Bonchev–Trinajstić information content (AvgIpc) is 2.25. The zero-order valence-corrected chi connectivity index (χ0v) is 12.1. The Morgan fingerprint density at radius 2 is 1.56 bits per heavy atom. The van der Waals surface area contributed by atoms with E-state index in [9.17, 15) is 0 Å². The summed E-state index contributed by atoms with van der Waals surface area (Å²) in [5.41, 5.74) is 0. The molecule has 0 radical (unpaired) electrons. The maximum Gasteiger partial charge on any atom is 0.594 e. The summed E-state index contributed by atoms with van der Waals surface area (Å²) in [4.78, 5) is 0. The predicted molar refractivity (Wildman–Crippen MR) is 67.8 cm³/mol. The van der Waals surface area contributed by atoms with E-state index >= 15 is 0 Å². The van der Waals surface area contributed by atoms with Gasteiger partial charge in [0.1, 0.15) is 0 Å². The molecule has 0 aliphatic heterocycles. The second kappa shape index (κ2) is 9.12. The van der Waals surface area contributed by atoms with Gasteiger partial charge >= 0.3 is 8.97 Å². The molecule has 1 unspecified atom stereocenters. The molecule has 0 saturated heterocycles. The van der Waals surface area contributed by atoms with Crippen LogP contribution in [0.15, 0.2) is 0 Å². The SMILES string of the molecule is CCCC(CC)CO[Si](N)(OCC)OCC. The van der Waals surface area contributed by atoms with E-state index in [1.165, 1.54) is 12.8 Å². The Morgan fingerprint density at radius 1 is 1.00 bits per heavy atom. The van der Waals surface area contributed by atoms with Gasteiger partial charge < -0.3 is 13.3 Å². The van der Waals surface area contributed by atoms with Crippen molar-refractivity contribution < 1.29 is 13.3 Å². The van der Waals surface area contributed by atoms with Crippen molar-refractivity contribution >= 4 is 8.97 Å². The first-order chi connectivity index (χ1) is 7.61. The highest BCUT2D eigenvalue weighted by Crippen LogP contribution is 2.13. The predicted octanol–water partition coefficient (Wildman–Crippen LogP) is 2.30. The third kappa shape index (κ3) is 6.60. The van der Waals surface area contributed by atoms with Gasteiger partial charge in [-0.05, 0) is 26.2 Å². The summed E-state index contributed by atoms with van der Waals surface area (Å²) in [7, 11) is -2.86. The molecule has 0 spiro atoms. The largest absolute Gasteiger partial charge is 0.594 e. The maximum absolute atomic E-state index is 5.99. The van der Waals surface area contributed by atoms with Crippen molar-refractivity contribution in [2.45, 2.75) is 47.0 Å². The van der Waals surface area contributed by atoms with Gasteiger partial charge in [-0.25, -0.2) is 0 Å². The molecule has 0 aliphatic rings. The summed E-state index contributed by atoms with van der Waals surface area (Å²) in [5.74, 6) is 0.557. The van der Waals surface area contributed by atoms with E-state index in [0.29, 0.717) is 25.7 Å². The summed E-state index contributed by atoms with van der Waals surface area (Å²) in [5, 5.41) is 5.99. The third-order valence-corrected chi connectivity index (χ3v) is 4.44. The lowest BCUT2D eigenvalue weighted by Crippen LogP contribution is -2.56. The van der Waals surface area contributed by atoms with Crippen LogP contribution in [0.5, 0.6) is 0 Å². The van der Waals surface area contributed by atoms with Gasteiger partial charge in [-0.3, -0.25) is 5.40 Å². The topological polar surface area (TPSA) is 53.7 Å². The summed E-state index contributed by atoms with van der Waals surface area (Å²) in [6.45, 7) is 9.87. The average molecular weight is 249 g/mol. The van der Waals surface area contributed by atoms with Crippen LogP contribution in [-0.2, 0) is 13.3 Å². The lowest BCUT2D eigenvalue weighted by molar-refractivity contribution is 0.0536. The van der Waals surface area contributed by atoms with Crippen molar-refractivity contribution in [3.05, 3.63) is 0 Å². The van der Waals surface area contributed by atoms with E-state index in [-0.39, 0.29) is 0 Å². The van der Waals surface area contributed by atoms with Gasteiger partial charge in [-0.15, -0.1) is 0 Å². The van der Waals surface area contributed by atoms with Crippen LogP contribution in [0.4, 0.5) is 0 Å². The van der Waals surface area contributed by atoms with Crippen LogP contribution in [-0.4, -0.2) is 28.8 Å². The zero-order valence-electron chi connectivity index (χ0n) is 11.1. The van der Waals surface area contributed by atoms with E-state index in [1.807, 2.05) is 13.8 Å². The first-order valence-corrected chi connectivity index (χ1v) is 8.12. The number of hydrogen-bond acceptors (Lipinski definition) is 4. The molecule has 98 valence electrons. The van der Waals surface area contributed by atoms with Crippen LogP contribution in [0, 0.1) is 5.92 Å². The highest BCUT2D eigenvalue weighted by molar-refractivity contribution is 6.56. The molecule has 5 heteroatoms. The number of rotatable bonds is 10. The first-order valence-electron chi connectivity index (χ1n) is 6.32. The van der Waals surface area contributed by atoms with Gasteiger partial charge in [0.2, 0.25) is 0 Å². The van der Waals surface area contributed by atoms with E-state index in [1.54, 1.807) is 0 Å². The second-order valence-corrected chi connectivity index (χ2v) is 5.92. The lowest BCUT2D eigenvalue weighted by atomic mass is 10.0. The Bertz CT molecular complexity index is 163. The Labute approximate surface area is 101 Å². The van der Waals surface area contributed by atoms with Gasteiger partial charge in [-0.1, -0.05) is 26.7 Å². The highest BCUT2D eigenvalue weighted by Gasteiger charge is 2.37. The second-order valence-electron chi connectivity index (χ2n) is 3.84. The Hall–Kier alpha value is 0.0569. The number of hydrogen-bond donors (Lipinski definition) is 1. The molecule has 0 amide bonds. The van der Waals surface area contributed by atoms with Crippen molar-refractivity contribution in [2.24, 2.45) is 11.3 Å². The molecule has 0 saturated carbocycles. The van der Waals surface area contributed by atoms with Crippen LogP contribution in [0.1, 0.15) is 47.0 Å². The molecule has 0 aromatic carbocycles. The normalized spacial score (nSPS) is 14.1. The summed E-state index contributed by atoms with van der Waals surface area (Å²) < 4.78 is 16.5. The van der Waals surface area contributed by atoms with Crippen molar-refractivity contribution in [1.82, 2.24) is 0 Å². The van der Waals surface area contributed by atoms with Crippen molar-refractivity contribution in [3.8, 4) is 0 Å². The Kier molecular flexibility index (Phi) is 9.16. The van der Waals surface area contributed by atoms with Crippen LogP contribution < -0.4 is 5.40 Å². The molecule has 0 heterocycles. The molecular weight excluding hydrogens is 222 g/mol. The standard InChI is InChI=1S/C11H27NO3Si/c1-5-9-11(6-2)10-15-16(12,13-7-3)14-8-4/h11H,5-10,12H2,1-4H3. The fourth-order valence-electron chi connectivity index (χ4n) is 1.57. The molecule has 1 atom stereocenters. The van der Waals surface area contributed by atoms with Crippen LogP contribution in [0.3, 0.4) is 0 Å². The van der Waals surface area contributed by atoms with E-state index in [2.05, 4.69) is 13.8 Å². The minimum Gasteiger partial charge on any atom is -0.362 e. The van der Waals surface area contributed by atoms with Gasteiger partial charge in [0.25, 0.3) is 0 Å². The maximum atomic E-state index is 5.99. The van der Waals surface area contributed by atoms with Crippen molar-refractivity contribution in [2.75, 3.05) is 19.8 Å². The smallest absolute Gasteiger partial charge is 0.362 e. The first kappa shape index (κ1) is 16.1. The van der Waals surface area contributed by atoms with Crippen molar-refractivity contribution in [3.63, 3.8) is 0 Å². The minimum absolute atomic E-state index is 0.535. The number of nitrogens with two attached hydrogens (primary N) is 1. The third-order valence-electron chi connectivity index (χ3n) is 2.49. The molecular formula is C11H27NO3Si. The Morgan fingerprint density at radius 3 is 1.94 bits per heavy atom. The fourth-order valence-corrected chi connectivity index (χ4v) is 3.10. The minimum atomic E-state index is -2.86. The van der Waals surface area contributed by atoms with Gasteiger partial charge in [0.15, 0.2) is 0 Å². The zero-order chi connectivity index (χ0) is 12.4. The van der Waals surface area contributed by atoms with Crippen LogP contribution in [0.2, 0.25) is 0 Å². The molecule has 0 bridgehead atoms. The Balaban J connectivity index is 4.07. The van der Waals surface area contributed by atoms with E-state index in [4.69, 9.17) is 18.7 Å². The highest BCUT2D eigenvalue weighted by atomic mass is 28.4. The molecule has 0 rings (SSSR count). The van der Waals surface area contributed by atoms with Gasteiger partial charge in [0.05, 0.1) is 0 Å². The molecule has 0 aromatic heterocycles. The van der Waals surface area contributed by atoms with Crippen LogP contribution >= 0.6 is 0 Å². The lowest BCUT2D eigenvalue weighted by Gasteiger charge is -2.26. The monoisotopic (exact) mass is 249 g/mol.